The van der Waals surface area contributed by atoms with E-state index in [-0.39, 0.29) is 6.54 Å². The van der Waals surface area contributed by atoms with Crippen LogP contribution in [0.15, 0.2) is 30.3 Å². The summed E-state index contributed by atoms with van der Waals surface area (Å²) in [4.78, 5) is 15.3. The molecule has 0 aliphatic rings. The van der Waals surface area contributed by atoms with Gasteiger partial charge in [0.2, 0.25) is 0 Å². The summed E-state index contributed by atoms with van der Waals surface area (Å²) in [6, 6.07) is 10.3. The van der Waals surface area contributed by atoms with Crippen LogP contribution in [0.25, 0.3) is 0 Å². The monoisotopic (exact) mass is 322 g/mol. The van der Waals surface area contributed by atoms with Crippen LogP contribution < -0.4 is 11.5 Å². The number of hydrogen-bond acceptors (Lipinski definition) is 5. The number of carboxylic acid groups (broad SMARTS) is 1. The largest absolute Gasteiger partial charge is 0.480 e. The number of carboxylic acids is 1. The second-order valence-electron chi connectivity index (χ2n) is 5.72. The Morgan fingerprint density at radius 3 is 2.04 bits per heavy atom. The van der Waals surface area contributed by atoms with E-state index < -0.39 is 5.97 Å². The van der Waals surface area contributed by atoms with Gasteiger partial charge in [0.05, 0.1) is 6.54 Å². The maximum Gasteiger partial charge on any atom is 0.317 e. The average Bonchev–Trinajstić information content (AvgIpc) is 2.55. The highest BCUT2D eigenvalue weighted by Crippen LogP contribution is 2.05. The highest BCUT2D eigenvalue weighted by Gasteiger charge is 2.12. The smallest absolute Gasteiger partial charge is 0.317 e. The number of nitrogens with zero attached hydrogens (tertiary/aromatic N) is 2. The van der Waals surface area contributed by atoms with Crippen LogP contribution in [-0.2, 0) is 11.3 Å². The van der Waals surface area contributed by atoms with Crippen molar-refractivity contribution in [1.82, 2.24) is 9.80 Å². The third-order valence-corrected chi connectivity index (χ3v) is 3.70. The molecule has 5 N–H and O–H groups in total. The number of benzene rings is 1. The number of nitrogens with two attached hydrogens (primary N) is 2. The van der Waals surface area contributed by atoms with Crippen molar-refractivity contribution in [2.45, 2.75) is 19.4 Å². The molecule has 6 heteroatoms. The standard InChI is InChI=1S/C17H30N4O2/c18-8-4-10-20(14-16-6-2-1-3-7-16)12-13-21(11-5-9-19)15-17(22)23/h1-3,6-7H,4-5,8-15,18-19H2,(H,22,23). The number of carbonyl (C=O) groups is 1. The summed E-state index contributed by atoms with van der Waals surface area (Å²) >= 11 is 0. The Bertz CT molecular complexity index is 428. The van der Waals surface area contributed by atoms with Crippen molar-refractivity contribution in [3.05, 3.63) is 35.9 Å². The molecule has 0 heterocycles. The van der Waals surface area contributed by atoms with Crippen molar-refractivity contribution in [2.24, 2.45) is 11.5 Å². The molecule has 0 bridgehead atoms. The Kier molecular flexibility index (Phi) is 10.2. The van der Waals surface area contributed by atoms with E-state index in [1.165, 1.54) is 5.56 Å². The van der Waals surface area contributed by atoms with Crippen LogP contribution in [0.2, 0.25) is 0 Å². The summed E-state index contributed by atoms with van der Waals surface area (Å²) in [5.41, 5.74) is 12.4. The molecule has 0 saturated heterocycles. The predicted octanol–water partition coefficient (Wildman–Crippen LogP) is 0.573. The molecule has 0 radical (unpaired) electrons. The Balaban J connectivity index is 2.54. The molecular weight excluding hydrogens is 292 g/mol. The topological polar surface area (TPSA) is 95.8 Å². The SMILES string of the molecule is NCCCN(CCN(CCCN)Cc1ccccc1)CC(=O)O. The van der Waals surface area contributed by atoms with E-state index in [2.05, 4.69) is 17.0 Å². The van der Waals surface area contributed by atoms with Crippen LogP contribution in [0.4, 0.5) is 0 Å². The lowest BCUT2D eigenvalue weighted by Gasteiger charge is -2.27. The molecule has 0 unspecified atom stereocenters. The molecule has 0 spiro atoms. The summed E-state index contributed by atoms with van der Waals surface area (Å²) < 4.78 is 0. The van der Waals surface area contributed by atoms with Crippen molar-refractivity contribution in [1.29, 1.82) is 0 Å². The van der Waals surface area contributed by atoms with Crippen molar-refractivity contribution >= 4 is 5.97 Å². The molecule has 130 valence electrons. The van der Waals surface area contributed by atoms with Gasteiger partial charge in [0.15, 0.2) is 0 Å². The van der Waals surface area contributed by atoms with Crippen LogP contribution in [0, 0.1) is 0 Å². The van der Waals surface area contributed by atoms with E-state index in [1.54, 1.807) is 0 Å². The maximum absolute atomic E-state index is 11.0. The lowest BCUT2D eigenvalue weighted by Crippen LogP contribution is -2.39. The van der Waals surface area contributed by atoms with E-state index >= 15 is 0 Å². The third kappa shape index (κ3) is 9.30. The molecule has 0 atom stereocenters. The van der Waals surface area contributed by atoms with Gasteiger partial charge in [0.25, 0.3) is 0 Å². The van der Waals surface area contributed by atoms with Gasteiger partial charge in [0, 0.05) is 19.6 Å². The fraction of sp³-hybridized carbons (Fsp3) is 0.588. The first-order valence-corrected chi connectivity index (χ1v) is 8.26. The van der Waals surface area contributed by atoms with Gasteiger partial charge in [-0.15, -0.1) is 0 Å². The minimum Gasteiger partial charge on any atom is -0.480 e. The normalized spacial score (nSPS) is 11.3. The van der Waals surface area contributed by atoms with Crippen molar-refractivity contribution < 1.29 is 9.90 Å². The summed E-state index contributed by atoms with van der Waals surface area (Å²) in [6.45, 7) is 5.36. The Labute approximate surface area is 139 Å². The molecule has 0 aliphatic carbocycles. The molecule has 0 aromatic heterocycles. The van der Waals surface area contributed by atoms with E-state index in [0.29, 0.717) is 13.1 Å². The third-order valence-electron chi connectivity index (χ3n) is 3.70. The summed E-state index contributed by atoms with van der Waals surface area (Å²) in [6.07, 6.45) is 1.75. The van der Waals surface area contributed by atoms with Gasteiger partial charge in [-0.2, -0.15) is 0 Å². The van der Waals surface area contributed by atoms with E-state index in [0.717, 1.165) is 45.6 Å². The second-order valence-corrected chi connectivity index (χ2v) is 5.72. The van der Waals surface area contributed by atoms with Crippen LogP contribution in [0.3, 0.4) is 0 Å². The Morgan fingerprint density at radius 2 is 1.48 bits per heavy atom. The van der Waals surface area contributed by atoms with Gasteiger partial charge < -0.3 is 16.6 Å². The Hall–Kier alpha value is -1.47. The highest BCUT2D eigenvalue weighted by molar-refractivity contribution is 5.69. The molecule has 0 aliphatic heterocycles. The first-order chi connectivity index (χ1) is 11.2. The van der Waals surface area contributed by atoms with Crippen LogP contribution >= 0.6 is 0 Å². The van der Waals surface area contributed by atoms with Crippen LogP contribution in [-0.4, -0.2) is 66.7 Å². The molecule has 0 fully saturated rings. The van der Waals surface area contributed by atoms with E-state index in [9.17, 15) is 4.79 Å². The average molecular weight is 322 g/mol. The van der Waals surface area contributed by atoms with Gasteiger partial charge in [-0.05, 0) is 44.6 Å². The predicted molar refractivity (Wildman–Crippen MR) is 93.1 cm³/mol. The second kappa shape index (κ2) is 12.0. The van der Waals surface area contributed by atoms with Gasteiger partial charge in [0.1, 0.15) is 0 Å². The molecule has 6 nitrogen and oxygen atoms in total. The van der Waals surface area contributed by atoms with E-state index in [4.69, 9.17) is 16.6 Å². The summed E-state index contributed by atoms with van der Waals surface area (Å²) in [5.74, 6) is -0.793. The minimum absolute atomic E-state index is 0.0655. The van der Waals surface area contributed by atoms with Crippen molar-refractivity contribution in [3.8, 4) is 0 Å². The molecule has 0 amide bonds. The number of hydrogen-bond donors (Lipinski definition) is 3. The zero-order chi connectivity index (χ0) is 16.9. The van der Waals surface area contributed by atoms with Crippen molar-refractivity contribution in [3.63, 3.8) is 0 Å². The minimum atomic E-state index is -0.793. The lowest BCUT2D eigenvalue weighted by atomic mass is 10.2. The zero-order valence-corrected chi connectivity index (χ0v) is 13.9. The molecule has 1 aromatic carbocycles. The number of aliphatic carboxylic acids is 1. The molecule has 1 aromatic rings. The number of rotatable bonds is 13. The van der Waals surface area contributed by atoms with Gasteiger partial charge in [-0.25, -0.2) is 0 Å². The molecule has 23 heavy (non-hydrogen) atoms. The van der Waals surface area contributed by atoms with Gasteiger partial charge >= 0.3 is 5.97 Å². The van der Waals surface area contributed by atoms with Crippen LogP contribution in [0.1, 0.15) is 18.4 Å². The van der Waals surface area contributed by atoms with Gasteiger partial charge in [-0.1, -0.05) is 30.3 Å². The quantitative estimate of drug-likeness (QED) is 0.491. The Morgan fingerprint density at radius 1 is 0.913 bits per heavy atom. The van der Waals surface area contributed by atoms with Crippen molar-refractivity contribution in [2.75, 3.05) is 45.8 Å². The van der Waals surface area contributed by atoms with Gasteiger partial charge in [-0.3, -0.25) is 14.6 Å². The first-order valence-electron chi connectivity index (χ1n) is 8.26. The highest BCUT2D eigenvalue weighted by atomic mass is 16.4. The molecule has 0 saturated carbocycles. The fourth-order valence-corrected chi connectivity index (χ4v) is 2.49. The molecular formula is C17H30N4O2. The zero-order valence-electron chi connectivity index (χ0n) is 13.9. The van der Waals surface area contributed by atoms with Crippen LogP contribution in [0.5, 0.6) is 0 Å². The maximum atomic E-state index is 11.0. The van der Waals surface area contributed by atoms with E-state index in [1.807, 2.05) is 23.1 Å². The fourth-order valence-electron chi connectivity index (χ4n) is 2.49. The summed E-state index contributed by atoms with van der Waals surface area (Å²) in [7, 11) is 0. The first kappa shape index (κ1) is 19.6. The lowest BCUT2D eigenvalue weighted by molar-refractivity contribution is -0.138. The summed E-state index contributed by atoms with van der Waals surface area (Å²) in [5, 5.41) is 9.02. The molecule has 1 rings (SSSR count).